The van der Waals surface area contributed by atoms with E-state index >= 15 is 0 Å². The first-order chi connectivity index (χ1) is 10.2. The Morgan fingerprint density at radius 2 is 2.00 bits per heavy atom. The van der Waals surface area contributed by atoms with Crippen molar-refractivity contribution >= 4 is 11.0 Å². The number of benzene rings is 1. The van der Waals surface area contributed by atoms with E-state index in [-0.39, 0.29) is 0 Å². The van der Waals surface area contributed by atoms with E-state index < -0.39 is 0 Å². The molecule has 1 N–H and O–H groups in total. The maximum absolute atomic E-state index is 5.85. The molecule has 0 bridgehead atoms. The lowest BCUT2D eigenvalue weighted by Crippen LogP contribution is -2.45. The van der Waals surface area contributed by atoms with Gasteiger partial charge >= 0.3 is 0 Å². The predicted molar refractivity (Wildman–Crippen MR) is 86.6 cm³/mol. The van der Waals surface area contributed by atoms with Crippen LogP contribution in [0.4, 0.5) is 0 Å². The standard InChI is InChI=1S/C17H25N3O/c1-14-16(15-5-3-4-6-17(15)21-14)13-19(2)11-12-20-9-7-18-8-10-20/h3-6,18H,7-13H2,1-2H3. The number of aryl methyl sites for hydroxylation is 1. The van der Waals surface area contributed by atoms with E-state index in [2.05, 4.69) is 41.2 Å². The number of rotatable bonds is 5. The Morgan fingerprint density at radius 1 is 1.24 bits per heavy atom. The summed E-state index contributed by atoms with van der Waals surface area (Å²) in [4.78, 5) is 4.93. The van der Waals surface area contributed by atoms with Crippen molar-refractivity contribution in [3.63, 3.8) is 0 Å². The lowest BCUT2D eigenvalue weighted by Gasteiger charge is -2.29. The number of hydrogen-bond donors (Lipinski definition) is 1. The molecule has 1 aromatic carbocycles. The van der Waals surface area contributed by atoms with Gasteiger partial charge in [-0.1, -0.05) is 18.2 Å². The Kier molecular flexibility index (Phi) is 4.58. The van der Waals surface area contributed by atoms with Crippen LogP contribution in [0.5, 0.6) is 0 Å². The number of nitrogens with zero attached hydrogens (tertiary/aromatic N) is 2. The second kappa shape index (κ2) is 6.60. The van der Waals surface area contributed by atoms with Crippen LogP contribution in [0.15, 0.2) is 28.7 Å². The average Bonchev–Trinajstić information content (AvgIpc) is 2.82. The Labute approximate surface area is 126 Å². The number of fused-ring (bicyclic) bond motifs is 1. The van der Waals surface area contributed by atoms with Gasteiger partial charge in [0.05, 0.1) is 0 Å². The third-order valence-electron chi connectivity index (χ3n) is 4.34. The lowest BCUT2D eigenvalue weighted by molar-refractivity contribution is 0.202. The van der Waals surface area contributed by atoms with Crippen LogP contribution in [0, 0.1) is 6.92 Å². The first kappa shape index (κ1) is 14.6. The zero-order valence-corrected chi connectivity index (χ0v) is 13.1. The quantitative estimate of drug-likeness (QED) is 0.912. The third-order valence-corrected chi connectivity index (χ3v) is 4.34. The summed E-state index contributed by atoms with van der Waals surface area (Å²) in [6.07, 6.45) is 0. The molecule has 0 unspecified atom stereocenters. The lowest BCUT2D eigenvalue weighted by atomic mass is 10.1. The minimum Gasteiger partial charge on any atom is -0.461 e. The van der Waals surface area contributed by atoms with Gasteiger partial charge in [-0.25, -0.2) is 0 Å². The van der Waals surface area contributed by atoms with Crippen LogP contribution >= 0.6 is 0 Å². The van der Waals surface area contributed by atoms with Gasteiger partial charge < -0.3 is 14.6 Å². The highest BCUT2D eigenvalue weighted by atomic mass is 16.3. The summed E-state index contributed by atoms with van der Waals surface area (Å²) in [7, 11) is 2.20. The van der Waals surface area contributed by atoms with Gasteiger partial charge in [-0.15, -0.1) is 0 Å². The van der Waals surface area contributed by atoms with E-state index in [9.17, 15) is 0 Å². The predicted octanol–water partition coefficient (Wildman–Crippen LogP) is 2.08. The zero-order valence-electron chi connectivity index (χ0n) is 13.1. The molecule has 0 radical (unpaired) electrons. The summed E-state index contributed by atoms with van der Waals surface area (Å²) in [5.74, 6) is 1.05. The van der Waals surface area contributed by atoms with Crippen LogP contribution < -0.4 is 5.32 Å². The van der Waals surface area contributed by atoms with E-state index in [1.165, 1.54) is 24.0 Å². The maximum Gasteiger partial charge on any atom is 0.134 e. The van der Waals surface area contributed by atoms with Gasteiger partial charge in [0, 0.05) is 56.8 Å². The van der Waals surface area contributed by atoms with E-state index in [0.29, 0.717) is 0 Å². The Morgan fingerprint density at radius 3 is 2.81 bits per heavy atom. The summed E-state index contributed by atoms with van der Waals surface area (Å²) >= 11 is 0. The number of para-hydroxylation sites is 1. The summed E-state index contributed by atoms with van der Waals surface area (Å²) < 4.78 is 5.85. The molecule has 0 amide bonds. The van der Waals surface area contributed by atoms with Gasteiger partial charge in [0.15, 0.2) is 0 Å². The number of furan rings is 1. The molecule has 21 heavy (non-hydrogen) atoms. The van der Waals surface area contributed by atoms with Crippen LogP contribution in [0.3, 0.4) is 0 Å². The van der Waals surface area contributed by atoms with Crippen LogP contribution in [-0.2, 0) is 6.54 Å². The molecule has 114 valence electrons. The number of likely N-dealkylation sites (N-methyl/N-ethyl adjacent to an activating group) is 1. The highest BCUT2D eigenvalue weighted by Gasteiger charge is 2.14. The molecular weight excluding hydrogens is 262 g/mol. The average molecular weight is 287 g/mol. The zero-order chi connectivity index (χ0) is 14.7. The second-order valence-corrected chi connectivity index (χ2v) is 5.96. The van der Waals surface area contributed by atoms with Gasteiger partial charge in [0.25, 0.3) is 0 Å². The maximum atomic E-state index is 5.85. The van der Waals surface area contributed by atoms with E-state index in [4.69, 9.17) is 4.42 Å². The molecule has 1 fully saturated rings. The number of piperazine rings is 1. The highest BCUT2D eigenvalue weighted by molar-refractivity contribution is 5.82. The third kappa shape index (κ3) is 3.46. The topological polar surface area (TPSA) is 31.7 Å². The van der Waals surface area contributed by atoms with Gasteiger partial charge in [0.1, 0.15) is 11.3 Å². The summed E-state index contributed by atoms with van der Waals surface area (Å²) in [5, 5.41) is 4.65. The van der Waals surface area contributed by atoms with Gasteiger partial charge in [0.2, 0.25) is 0 Å². The van der Waals surface area contributed by atoms with Crippen molar-refractivity contribution in [2.45, 2.75) is 13.5 Å². The van der Waals surface area contributed by atoms with Gasteiger partial charge in [-0.2, -0.15) is 0 Å². The first-order valence-corrected chi connectivity index (χ1v) is 7.82. The van der Waals surface area contributed by atoms with Crippen molar-refractivity contribution in [1.82, 2.24) is 15.1 Å². The summed E-state index contributed by atoms with van der Waals surface area (Å²) in [6.45, 7) is 9.84. The van der Waals surface area contributed by atoms with Crippen molar-refractivity contribution in [1.29, 1.82) is 0 Å². The molecule has 0 saturated carbocycles. The van der Waals surface area contributed by atoms with Crippen molar-refractivity contribution < 1.29 is 4.42 Å². The minimum absolute atomic E-state index is 0.953. The molecule has 0 atom stereocenters. The number of hydrogen-bond acceptors (Lipinski definition) is 4. The fourth-order valence-corrected chi connectivity index (χ4v) is 3.01. The fourth-order valence-electron chi connectivity index (χ4n) is 3.01. The molecule has 0 aliphatic carbocycles. The van der Waals surface area contributed by atoms with E-state index in [1.807, 2.05) is 12.1 Å². The first-order valence-electron chi connectivity index (χ1n) is 7.82. The van der Waals surface area contributed by atoms with Crippen molar-refractivity contribution in [2.24, 2.45) is 0 Å². The van der Waals surface area contributed by atoms with Crippen LogP contribution in [-0.4, -0.2) is 56.1 Å². The summed E-state index contributed by atoms with van der Waals surface area (Å²) in [5.41, 5.74) is 2.33. The molecule has 2 aromatic rings. The highest BCUT2D eigenvalue weighted by Crippen LogP contribution is 2.26. The van der Waals surface area contributed by atoms with E-state index in [0.717, 1.165) is 44.1 Å². The second-order valence-electron chi connectivity index (χ2n) is 5.96. The molecule has 1 saturated heterocycles. The van der Waals surface area contributed by atoms with Crippen molar-refractivity contribution in [3.8, 4) is 0 Å². The fraction of sp³-hybridized carbons (Fsp3) is 0.529. The Hall–Kier alpha value is -1.36. The van der Waals surface area contributed by atoms with Crippen molar-refractivity contribution in [3.05, 3.63) is 35.6 Å². The number of nitrogens with one attached hydrogen (secondary N) is 1. The normalized spacial score (nSPS) is 16.9. The molecule has 3 rings (SSSR count). The monoisotopic (exact) mass is 287 g/mol. The Balaban J connectivity index is 1.60. The smallest absolute Gasteiger partial charge is 0.134 e. The Bertz CT molecular complexity index is 587. The molecular formula is C17H25N3O. The van der Waals surface area contributed by atoms with E-state index in [1.54, 1.807) is 0 Å². The SMILES string of the molecule is Cc1oc2ccccc2c1CN(C)CCN1CCNCC1. The molecule has 2 heterocycles. The van der Waals surface area contributed by atoms with Crippen LogP contribution in [0.25, 0.3) is 11.0 Å². The molecule has 1 aliphatic rings. The molecule has 4 nitrogen and oxygen atoms in total. The van der Waals surface area contributed by atoms with Crippen LogP contribution in [0.1, 0.15) is 11.3 Å². The molecule has 4 heteroatoms. The minimum atomic E-state index is 0.953. The van der Waals surface area contributed by atoms with Crippen LogP contribution in [0.2, 0.25) is 0 Å². The van der Waals surface area contributed by atoms with Gasteiger partial charge in [-0.3, -0.25) is 4.90 Å². The summed E-state index contributed by atoms with van der Waals surface area (Å²) in [6, 6.07) is 8.32. The molecule has 0 spiro atoms. The molecule has 1 aliphatic heterocycles. The molecule has 1 aromatic heterocycles. The largest absolute Gasteiger partial charge is 0.461 e. The van der Waals surface area contributed by atoms with Crippen molar-refractivity contribution in [2.75, 3.05) is 46.3 Å². The van der Waals surface area contributed by atoms with Gasteiger partial charge in [-0.05, 0) is 20.0 Å².